The van der Waals surface area contributed by atoms with Crippen LogP contribution in [0.4, 0.5) is 13.2 Å². The molecule has 4 nitrogen and oxygen atoms in total. The Morgan fingerprint density at radius 1 is 0.865 bits per heavy atom. The number of carbonyl (C=O) groups excluding carboxylic acids is 1. The molecular formula is C27H24Cl3F3N2O2. The summed E-state index contributed by atoms with van der Waals surface area (Å²) in [6.07, 6.45) is -4.72. The summed E-state index contributed by atoms with van der Waals surface area (Å²) in [6, 6.07) is 17.1. The third kappa shape index (κ3) is 7.39. The topological polar surface area (TPSA) is 32.8 Å². The molecule has 1 amide bonds. The van der Waals surface area contributed by atoms with Crippen LogP contribution in [0, 0.1) is 0 Å². The van der Waals surface area contributed by atoms with E-state index in [9.17, 15) is 18.0 Å². The molecule has 37 heavy (non-hydrogen) atoms. The molecule has 0 unspecified atom stereocenters. The van der Waals surface area contributed by atoms with Gasteiger partial charge in [0, 0.05) is 42.8 Å². The van der Waals surface area contributed by atoms with E-state index in [4.69, 9.17) is 39.5 Å². The van der Waals surface area contributed by atoms with Gasteiger partial charge in [0.25, 0.3) is 5.91 Å². The lowest BCUT2D eigenvalue weighted by Crippen LogP contribution is -2.49. The van der Waals surface area contributed by atoms with Crippen molar-refractivity contribution < 1.29 is 22.7 Å². The summed E-state index contributed by atoms with van der Waals surface area (Å²) in [6.45, 7) is 2.99. The molecule has 4 rings (SSSR count). The Hall–Kier alpha value is -2.29. The second kappa shape index (κ2) is 12.0. The molecule has 1 heterocycles. The largest absolute Gasteiger partial charge is 0.416 e. The number of hydrogen-bond acceptors (Lipinski definition) is 3. The van der Waals surface area contributed by atoms with Crippen molar-refractivity contribution in [3.05, 3.63) is 104 Å². The molecule has 1 fully saturated rings. The minimum Gasteiger partial charge on any atom is -0.368 e. The number of piperazine rings is 1. The minimum atomic E-state index is -4.38. The van der Waals surface area contributed by atoms with Crippen LogP contribution in [0.2, 0.25) is 15.1 Å². The molecule has 0 saturated carbocycles. The Bertz CT molecular complexity index is 1210. The Morgan fingerprint density at radius 3 is 2.08 bits per heavy atom. The fourth-order valence-electron chi connectivity index (χ4n) is 4.12. The van der Waals surface area contributed by atoms with Crippen molar-refractivity contribution in [3.63, 3.8) is 0 Å². The van der Waals surface area contributed by atoms with E-state index >= 15 is 0 Å². The summed E-state index contributed by atoms with van der Waals surface area (Å²) >= 11 is 18.2. The number of carbonyl (C=O) groups is 1. The average molecular weight is 572 g/mol. The van der Waals surface area contributed by atoms with Gasteiger partial charge in [0.1, 0.15) is 0 Å². The monoisotopic (exact) mass is 570 g/mol. The van der Waals surface area contributed by atoms with Crippen LogP contribution >= 0.6 is 34.8 Å². The molecule has 196 valence electrons. The van der Waals surface area contributed by atoms with Crippen molar-refractivity contribution in [2.45, 2.75) is 18.9 Å². The summed E-state index contributed by atoms with van der Waals surface area (Å²) < 4.78 is 44.8. The first-order valence-electron chi connectivity index (χ1n) is 11.6. The quantitative estimate of drug-likeness (QED) is 0.297. The molecule has 0 N–H and O–H groups in total. The maximum absolute atomic E-state index is 12.9. The number of halogens is 6. The molecular weight excluding hydrogens is 548 g/mol. The third-order valence-electron chi connectivity index (χ3n) is 6.22. The van der Waals surface area contributed by atoms with Crippen LogP contribution in [-0.4, -0.2) is 48.4 Å². The van der Waals surface area contributed by atoms with Crippen LogP contribution < -0.4 is 0 Å². The molecule has 0 spiro atoms. The highest BCUT2D eigenvalue weighted by molar-refractivity contribution is 6.36. The summed E-state index contributed by atoms with van der Waals surface area (Å²) in [4.78, 5) is 16.9. The first kappa shape index (κ1) is 27.7. The predicted molar refractivity (Wildman–Crippen MR) is 139 cm³/mol. The van der Waals surface area contributed by atoms with Crippen molar-refractivity contribution in [1.82, 2.24) is 9.80 Å². The van der Waals surface area contributed by atoms with Crippen molar-refractivity contribution in [3.8, 4) is 0 Å². The van der Waals surface area contributed by atoms with Crippen molar-refractivity contribution in [1.29, 1.82) is 0 Å². The molecule has 1 aliphatic heterocycles. The van der Waals surface area contributed by atoms with Gasteiger partial charge in [0.05, 0.1) is 28.9 Å². The van der Waals surface area contributed by atoms with Crippen LogP contribution in [-0.2, 0) is 17.5 Å². The van der Waals surface area contributed by atoms with Crippen LogP contribution in [0.5, 0.6) is 0 Å². The molecule has 1 aliphatic rings. The highest BCUT2D eigenvalue weighted by Crippen LogP contribution is 2.30. The Labute approximate surface area is 228 Å². The predicted octanol–water partition coefficient (Wildman–Crippen LogP) is 7.38. The number of nitrogens with zero attached hydrogens (tertiary/aromatic N) is 2. The van der Waals surface area contributed by atoms with Gasteiger partial charge in [-0.05, 0) is 53.6 Å². The highest BCUT2D eigenvalue weighted by Gasteiger charge is 2.30. The Balaban J connectivity index is 1.39. The number of ether oxygens (including phenoxy) is 1. The van der Waals surface area contributed by atoms with Crippen LogP contribution in [0.25, 0.3) is 0 Å². The standard InChI is InChI=1S/C27H24Cl3F3N2O2/c28-21-7-3-19(4-8-21)25(37-17-18-1-5-20(6-2-18)27(31,32)33)16-34-11-13-35(14-12-34)26(36)23-10-9-22(29)15-24(23)30/h1-10,15,25H,11-14,16-17H2/t25-/m1/s1. The van der Waals surface area contributed by atoms with Gasteiger partial charge < -0.3 is 9.64 Å². The zero-order chi connectivity index (χ0) is 26.6. The van der Waals surface area contributed by atoms with Crippen molar-refractivity contribution in [2.24, 2.45) is 0 Å². The summed E-state index contributed by atoms with van der Waals surface area (Å²) in [7, 11) is 0. The van der Waals surface area contributed by atoms with Gasteiger partial charge in [0.2, 0.25) is 0 Å². The normalized spacial score (nSPS) is 15.6. The summed E-state index contributed by atoms with van der Waals surface area (Å²) in [5.74, 6) is -0.144. The molecule has 10 heteroatoms. The average Bonchev–Trinajstić information content (AvgIpc) is 2.87. The zero-order valence-corrected chi connectivity index (χ0v) is 21.9. The van der Waals surface area contributed by atoms with E-state index in [0.29, 0.717) is 58.9 Å². The number of amides is 1. The number of hydrogen-bond donors (Lipinski definition) is 0. The van der Waals surface area contributed by atoms with Gasteiger partial charge in [-0.2, -0.15) is 13.2 Å². The summed E-state index contributed by atoms with van der Waals surface area (Å²) in [5, 5.41) is 1.38. The second-order valence-corrected chi connectivity index (χ2v) is 10.0. The molecule has 0 radical (unpaired) electrons. The third-order valence-corrected chi connectivity index (χ3v) is 7.02. The maximum Gasteiger partial charge on any atom is 0.416 e. The molecule has 0 bridgehead atoms. The van der Waals surface area contributed by atoms with E-state index < -0.39 is 11.7 Å². The lowest BCUT2D eigenvalue weighted by molar-refractivity contribution is -0.137. The van der Waals surface area contributed by atoms with E-state index in [0.717, 1.165) is 17.7 Å². The lowest BCUT2D eigenvalue weighted by atomic mass is 10.1. The molecule has 3 aromatic rings. The second-order valence-electron chi connectivity index (χ2n) is 8.76. The molecule has 1 saturated heterocycles. The fourth-order valence-corrected chi connectivity index (χ4v) is 4.74. The molecule has 0 aliphatic carbocycles. The van der Waals surface area contributed by atoms with Crippen molar-refractivity contribution >= 4 is 40.7 Å². The van der Waals surface area contributed by atoms with Crippen LogP contribution in [0.15, 0.2) is 66.7 Å². The maximum atomic E-state index is 12.9. The van der Waals surface area contributed by atoms with Gasteiger partial charge in [-0.1, -0.05) is 59.1 Å². The van der Waals surface area contributed by atoms with Crippen molar-refractivity contribution in [2.75, 3.05) is 32.7 Å². The van der Waals surface area contributed by atoms with E-state index in [2.05, 4.69) is 4.90 Å². The summed E-state index contributed by atoms with van der Waals surface area (Å²) in [5.41, 5.74) is 1.27. The van der Waals surface area contributed by atoms with Crippen LogP contribution in [0.1, 0.15) is 33.2 Å². The Morgan fingerprint density at radius 2 is 1.49 bits per heavy atom. The van der Waals surface area contributed by atoms with Gasteiger partial charge in [-0.25, -0.2) is 0 Å². The SMILES string of the molecule is O=C(c1ccc(Cl)cc1Cl)N1CCN(C[C@@H](OCc2ccc(C(F)(F)F)cc2)c2ccc(Cl)cc2)CC1. The fraction of sp³-hybridized carbons (Fsp3) is 0.296. The van der Waals surface area contributed by atoms with Gasteiger partial charge in [-0.15, -0.1) is 0 Å². The van der Waals surface area contributed by atoms with E-state index in [-0.39, 0.29) is 18.6 Å². The molecule has 3 aromatic carbocycles. The van der Waals surface area contributed by atoms with Gasteiger partial charge in [0.15, 0.2) is 0 Å². The minimum absolute atomic E-state index is 0.144. The number of alkyl halides is 3. The first-order valence-corrected chi connectivity index (χ1v) is 12.7. The lowest BCUT2D eigenvalue weighted by Gasteiger charge is -2.36. The highest BCUT2D eigenvalue weighted by atomic mass is 35.5. The molecule has 0 aromatic heterocycles. The van der Waals surface area contributed by atoms with Gasteiger partial charge >= 0.3 is 6.18 Å². The van der Waals surface area contributed by atoms with Gasteiger partial charge in [-0.3, -0.25) is 9.69 Å². The molecule has 1 atom stereocenters. The van der Waals surface area contributed by atoms with Crippen LogP contribution in [0.3, 0.4) is 0 Å². The first-order chi connectivity index (χ1) is 17.6. The smallest absolute Gasteiger partial charge is 0.368 e. The van der Waals surface area contributed by atoms with E-state index in [1.165, 1.54) is 12.1 Å². The number of benzene rings is 3. The van der Waals surface area contributed by atoms with E-state index in [1.807, 2.05) is 12.1 Å². The zero-order valence-electron chi connectivity index (χ0n) is 19.6. The number of rotatable bonds is 7. The Kier molecular flexibility index (Phi) is 9.03. The van der Waals surface area contributed by atoms with E-state index in [1.54, 1.807) is 35.2 Å².